The van der Waals surface area contributed by atoms with E-state index in [-0.39, 0.29) is 12.4 Å². The summed E-state index contributed by atoms with van der Waals surface area (Å²) in [5.41, 5.74) is 0. The van der Waals surface area contributed by atoms with Crippen LogP contribution < -0.4 is 0 Å². The fourth-order valence-electron chi connectivity index (χ4n) is 3.81. The van der Waals surface area contributed by atoms with E-state index in [4.69, 9.17) is 33.2 Å². The first-order valence-electron chi connectivity index (χ1n) is 15.4. The zero-order valence-electron chi connectivity index (χ0n) is 24.9. The van der Waals surface area contributed by atoms with E-state index < -0.39 is 0 Å². The van der Waals surface area contributed by atoms with Gasteiger partial charge in [0.15, 0.2) is 0 Å². The van der Waals surface area contributed by atoms with Gasteiger partial charge >= 0.3 is 5.97 Å². The molecular formula is C30H60O8. The Kier molecular flexibility index (Phi) is 33.6. The molecule has 0 aliphatic carbocycles. The van der Waals surface area contributed by atoms with Gasteiger partial charge in [0.05, 0.1) is 85.7 Å². The van der Waals surface area contributed by atoms with Crippen molar-refractivity contribution in [1.29, 1.82) is 0 Å². The molecule has 0 unspecified atom stereocenters. The van der Waals surface area contributed by atoms with Crippen LogP contribution in [-0.2, 0) is 38.0 Å². The molecule has 8 heteroatoms. The maximum atomic E-state index is 11.1. The molecule has 38 heavy (non-hydrogen) atoms. The number of carbonyl (C=O) groups excluding carboxylic acids is 1. The summed E-state index contributed by atoms with van der Waals surface area (Å²) >= 11 is 0. The number of hydrogen-bond acceptors (Lipinski definition) is 8. The summed E-state index contributed by atoms with van der Waals surface area (Å²) in [7, 11) is 0. The van der Waals surface area contributed by atoms with Crippen LogP contribution >= 0.6 is 0 Å². The lowest BCUT2D eigenvalue weighted by Crippen LogP contribution is -2.14. The van der Waals surface area contributed by atoms with Gasteiger partial charge in [-0.1, -0.05) is 84.0 Å². The Morgan fingerprint density at radius 1 is 0.395 bits per heavy atom. The third kappa shape index (κ3) is 33.3. The molecule has 0 amide bonds. The van der Waals surface area contributed by atoms with Crippen LogP contribution in [0.5, 0.6) is 0 Å². The predicted octanol–water partition coefficient (Wildman–Crippen LogP) is 6.13. The molecule has 0 N–H and O–H groups in total. The average molecular weight is 549 g/mol. The monoisotopic (exact) mass is 548 g/mol. The van der Waals surface area contributed by atoms with Crippen LogP contribution in [0.4, 0.5) is 0 Å². The average Bonchev–Trinajstić information content (AvgIpc) is 2.92. The van der Waals surface area contributed by atoms with E-state index >= 15 is 0 Å². The third-order valence-electron chi connectivity index (χ3n) is 6.01. The van der Waals surface area contributed by atoms with E-state index in [1.54, 1.807) is 6.92 Å². The van der Waals surface area contributed by atoms with Gasteiger partial charge in [-0.25, -0.2) is 0 Å². The van der Waals surface area contributed by atoms with Gasteiger partial charge in [-0.15, -0.1) is 0 Å². The highest BCUT2D eigenvalue weighted by Crippen LogP contribution is 2.12. The molecule has 8 nitrogen and oxygen atoms in total. The highest BCUT2D eigenvalue weighted by molar-refractivity contribution is 5.69. The number of carbonyl (C=O) groups is 1. The summed E-state index contributed by atoms with van der Waals surface area (Å²) in [6.45, 7) is 11.1. The van der Waals surface area contributed by atoms with Gasteiger partial charge in [0, 0.05) is 6.61 Å². The Labute approximate surface area is 233 Å². The molecular weight excluding hydrogens is 488 g/mol. The van der Waals surface area contributed by atoms with Crippen molar-refractivity contribution in [3.63, 3.8) is 0 Å². The highest BCUT2D eigenvalue weighted by atomic mass is 16.6. The molecule has 0 aliphatic heterocycles. The highest BCUT2D eigenvalue weighted by Gasteiger charge is 2.01. The van der Waals surface area contributed by atoms with Crippen LogP contribution in [0.15, 0.2) is 0 Å². The second kappa shape index (κ2) is 34.3. The second-order valence-electron chi connectivity index (χ2n) is 9.47. The number of unbranched alkanes of at least 4 members (excludes halogenated alkanes) is 12. The van der Waals surface area contributed by atoms with Crippen molar-refractivity contribution in [3.8, 4) is 0 Å². The Morgan fingerprint density at radius 3 is 1.08 bits per heavy atom. The van der Waals surface area contributed by atoms with E-state index in [1.165, 1.54) is 77.0 Å². The van der Waals surface area contributed by atoms with Crippen molar-refractivity contribution in [1.82, 2.24) is 0 Å². The molecule has 0 atom stereocenters. The lowest BCUT2D eigenvalue weighted by molar-refractivity contribution is -0.144. The van der Waals surface area contributed by atoms with Crippen LogP contribution in [0.2, 0.25) is 0 Å². The molecule has 0 fully saturated rings. The van der Waals surface area contributed by atoms with E-state index in [9.17, 15) is 4.79 Å². The van der Waals surface area contributed by atoms with E-state index in [2.05, 4.69) is 6.92 Å². The second-order valence-corrected chi connectivity index (χ2v) is 9.47. The maximum Gasteiger partial charge on any atom is 0.308 e. The minimum atomic E-state index is -0.236. The summed E-state index contributed by atoms with van der Waals surface area (Å²) < 4.78 is 37.6. The van der Waals surface area contributed by atoms with Gasteiger partial charge in [-0.05, 0) is 13.3 Å². The molecule has 0 bridgehead atoms. The van der Waals surface area contributed by atoms with Crippen LogP contribution in [0, 0.1) is 0 Å². The lowest BCUT2D eigenvalue weighted by atomic mass is 10.0. The molecule has 0 aromatic heterocycles. The molecule has 0 aromatic rings. The van der Waals surface area contributed by atoms with Gasteiger partial charge in [0.25, 0.3) is 0 Å². The van der Waals surface area contributed by atoms with Crippen molar-refractivity contribution >= 4 is 5.97 Å². The number of hydrogen-bond donors (Lipinski definition) is 0. The van der Waals surface area contributed by atoms with Gasteiger partial charge < -0.3 is 33.2 Å². The van der Waals surface area contributed by atoms with Crippen molar-refractivity contribution in [2.45, 2.75) is 104 Å². The topological polar surface area (TPSA) is 81.7 Å². The minimum Gasteiger partial charge on any atom is -0.466 e. The van der Waals surface area contributed by atoms with Crippen LogP contribution in [0.25, 0.3) is 0 Å². The Hall–Kier alpha value is -0.770. The van der Waals surface area contributed by atoms with Crippen molar-refractivity contribution < 1.29 is 38.0 Å². The Morgan fingerprint density at radius 2 is 0.711 bits per heavy atom. The summed E-state index contributed by atoms with van der Waals surface area (Å²) in [6, 6.07) is 0. The number of rotatable bonds is 33. The van der Waals surface area contributed by atoms with E-state index in [0.717, 1.165) is 13.0 Å². The van der Waals surface area contributed by atoms with Crippen molar-refractivity contribution in [3.05, 3.63) is 0 Å². The first kappa shape index (κ1) is 37.2. The summed E-state index contributed by atoms with van der Waals surface area (Å²) in [6.07, 6.45) is 18.1. The first-order chi connectivity index (χ1) is 18.8. The fourth-order valence-corrected chi connectivity index (χ4v) is 3.81. The first-order valence-corrected chi connectivity index (χ1v) is 15.4. The molecule has 228 valence electrons. The molecule has 0 saturated carbocycles. The summed E-state index contributed by atoms with van der Waals surface area (Å²) in [4.78, 5) is 11.1. The van der Waals surface area contributed by atoms with Gasteiger partial charge in [-0.2, -0.15) is 0 Å². The minimum absolute atomic E-state index is 0.236. The van der Waals surface area contributed by atoms with Crippen molar-refractivity contribution in [2.75, 3.05) is 85.9 Å². The van der Waals surface area contributed by atoms with E-state index in [1.807, 2.05) is 0 Å². The smallest absolute Gasteiger partial charge is 0.308 e. The predicted molar refractivity (Wildman–Crippen MR) is 152 cm³/mol. The number of esters is 1. The fraction of sp³-hybridized carbons (Fsp3) is 0.967. The largest absolute Gasteiger partial charge is 0.466 e. The SMILES string of the molecule is CCCCCCCCCCCCCCCOCCOCCOCCOCCOCCOCCC(=O)OCC. The molecule has 0 saturated heterocycles. The molecule has 0 heterocycles. The summed E-state index contributed by atoms with van der Waals surface area (Å²) in [5, 5.41) is 0. The normalized spacial score (nSPS) is 11.3. The van der Waals surface area contributed by atoms with Crippen LogP contribution in [0.1, 0.15) is 104 Å². The molecule has 0 aliphatic rings. The number of ether oxygens (including phenoxy) is 7. The Balaban J connectivity index is 3.04. The molecule has 0 aromatic carbocycles. The van der Waals surface area contributed by atoms with Gasteiger partial charge in [0.1, 0.15) is 0 Å². The zero-order chi connectivity index (χ0) is 27.6. The van der Waals surface area contributed by atoms with E-state index in [0.29, 0.717) is 79.3 Å². The van der Waals surface area contributed by atoms with Gasteiger partial charge in [-0.3, -0.25) is 4.79 Å². The summed E-state index contributed by atoms with van der Waals surface area (Å²) in [5.74, 6) is -0.236. The Bertz CT molecular complexity index is 450. The maximum absolute atomic E-state index is 11.1. The van der Waals surface area contributed by atoms with Crippen molar-refractivity contribution in [2.24, 2.45) is 0 Å². The molecule has 0 rings (SSSR count). The quantitative estimate of drug-likeness (QED) is 0.0716. The molecule has 0 spiro atoms. The van der Waals surface area contributed by atoms with Gasteiger partial charge in [0.2, 0.25) is 0 Å². The lowest BCUT2D eigenvalue weighted by Gasteiger charge is -2.08. The van der Waals surface area contributed by atoms with Crippen LogP contribution in [0.3, 0.4) is 0 Å². The third-order valence-corrected chi connectivity index (χ3v) is 6.01. The molecule has 0 radical (unpaired) electrons. The van der Waals surface area contributed by atoms with Crippen LogP contribution in [-0.4, -0.2) is 91.9 Å². The standard InChI is InChI=1S/C30H60O8/c1-3-5-6-7-8-9-10-11-12-13-14-15-16-18-32-20-22-34-24-26-36-28-29-37-27-25-35-23-21-33-19-17-30(31)38-4-2/h3-29H2,1-2H3. The zero-order valence-corrected chi connectivity index (χ0v) is 24.9.